The van der Waals surface area contributed by atoms with Crippen LogP contribution in [0.5, 0.6) is 0 Å². The van der Waals surface area contributed by atoms with E-state index in [9.17, 15) is 9.59 Å². The summed E-state index contributed by atoms with van der Waals surface area (Å²) in [5.41, 5.74) is 5.49. The molecule has 5 nitrogen and oxygen atoms in total. The molecule has 0 fully saturated rings. The zero-order valence-corrected chi connectivity index (χ0v) is 11.8. The molecule has 1 amide bonds. The van der Waals surface area contributed by atoms with Crippen LogP contribution < -0.4 is 11.1 Å². The van der Waals surface area contributed by atoms with Gasteiger partial charge in [0, 0.05) is 0 Å². The summed E-state index contributed by atoms with van der Waals surface area (Å²) < 4.78 is 4.72. The molecule has 0 radical (unpaired) electrons. The van der Waals surface area contributed by atoms with Gasteiger partial charge < -0.3 is 15.8 Å². The number of amides is 1. The standard InChI is InChI=1S/C13H18N2O3.ClH/c1-3-18-11(16)9-15-12(17)13(2,14)10-7-5-4-6-8-10;/h4-8H,3,9,14H2,1-2H3,(H,15,17);1H. The van der Waals surface area contributed by atoms with Crippen molar-refractivity contribution in [2.75, 3.05) is 13.2 Å². The molecule has 0 saturated heterocycles. The molecule has 0 heterocycles. The summed E-state index contributed by atoms with van der Waals surface area (Å²) in [7, 11) is 0. The van der Waals surface area contributed by atoms with Gasteiger partial charge in [-0.1, -0.05) is 30.3 Å². The number of esters is 1. The maximum atomic E-state index is 11.9. The maximum Gasteiger partial charge on any atom is 0.325 e. The molecule has 0 aliphatic carbocycles. The fourth-order valence-corrected chi connectivity index (χ4v) is 1.46. The SMILES string of the molecule is CCOC(=O)CNC(=O)C(C)(N)c1ccccc1.Cl. The van der Waals surface area contributed by atoms with Crippen molar-refractivity contribution in [2.24, 2.45) is 5.73 Å². The molecule has 0 aliphatic rings. The number of hydrogen-bond acceptors (Lipinski definition) is 4. The first-order valence-electron chi connectivity index (χ1n) is 5.76. The van der Waals surface area contributed by atoms with Crippen LogP contribution in [-0.2, 0) is 19.9 Å². The van der Waals surface area contributed by atoms with Crippen LogP contribution in [0.25, 0.3) is 0 Å². The lowest BCUT2D eigenvalue weighted by molar-refractivity contribution is -0.144. The van der Waals surface area contributed by atoms with E-state index in [0.29, 0.717) is 5.56 Å². The summed E-state index contributed by atoms with van der Waals surface area (Å²) in [5.74, 6) is -0.892. The Kier molecular flexibility index (Phi) is 7.11. The summed E-state index contributed by atoms with van der Waals surface area (Å²) in [4.78, 5) is 23.1. The van der Waals surface area contributed by atoms with E-state index in [4.69, 9.17) is 10.5 Å². The Morgan fingerprint density at radius 2 is 1.89 bits per heavy atom. The number of nitrogens with two attached hydrogens (primary N) is 1. The fourth-order valence-electron chi connectivity index (χ4n) is 1.46. The quantitative estimate of drug-likeness (QED) is 0.790. The van der Waals surface area contributed by atoms with Crippen molar-refractivity contribution >= 4 is 24.3 Å². The number of ether oxygens (including phenoxy) is 1. The smallest absolute Gasteiger partial charge is 0.325 e. The molecule has 19 heavy (non-hydrogen) atoms. The lowest BCUT2D eigenvalue weighted by Crippen LogP contribution is -2.50. The molecule has 6 heteroatoms. The van der Waals surface area contributed by atoms with E-state index >= 15 is 0 Å². The Bertz CT molecular complexity index is 421. The normalized spacial score (nSPS) is 12.8. The van der Waals surface area contributed by atoms with Gasteiger partial charge in [-0.2, -0.15) is 0 Å². The van der Waals surface area contributed by atoms with E-state index in [1.54, 1.807) is 38.1 Å². The van der Waals surface area contributed by atoms with Gasteiger partial charge in [0.15, 0.2) is 0 Å². The Balaban J connectivity index is 0.00000324. The number of benzene rings is 1. The second-order valence-electron chi connectivity index (χ2n) is 4.06. The average molecular weight is 287 g/mol. The fraction of sp³-hybridized carbons (Fsp3) is 0.385. The number of carbonyl (C=O) groups excluding carboxylic acids is 2. The number of carbonyl (C=O) groups is 2. The lowest BCUT2D eigenvalue weighted by atomic mass is 9.92. The largest absolute Gasteiger partial charge is 0.465 e. The van der Waals surface area contributed by atoms with Crippen molar-refractivity contribution in [3.05, 3.63) is 35.9 Å². The third kappa shape index (κ3) is 4.89. The van der Waals surface area contributed by atoms with E-state index in [-0.39, 0.29) is 25.6 Å². The van der Waals surface area contributed by atoms with Gasteiger partial charge in [0.25, 0.3) is 0 Å². The minimum absolute atomic E-state index is 0. The van der Waals surface area contributed by atoms with E-state index in [1.165, 1.54) is 0 Å². The van der Waals surface area contributed by atoms with Gasteiger partial charge in [-0.05, 0) is 19.4 Å². The molecule has 3 N–H and O–H groups in total. The molecular formula is C13H19ClN2O3. The van der Waals surface area contributed by atoms with Crippen LogP contribution >= 0.6 is 12.4 Å². The summed E-state index contributed by atoms with van der Waals surface area (Å²) >= 11 is 0. The molecule has 1 aromatic carbocycles. The molecule has 106 valence electrons. The van der Waals surface area contributed by atoms with Crippen LogP contribution in [0.2, 0.25) is 0 Å². The van der Waals surface area contributed by atoms with Gasteiger partial charge in [0.1, 0.15) is 12.1 Å². The molecule has 0 saturated carbocycles. The third-order valence-corrected chi connectivity index (χ3v) is 2.54. The van der Waals surface area contributed by atoms with Crippen LogP contribution in [0.3, 0.4) is 0 Å². The molecule has 0 bridgehead atoms. The van der Waals surface area contributed by atoms with Gasteiger partial charge in [-0.25, -0.2) is 0 Å². The summed E-state index contributed by atoms with van der Waals surface area (Å²) in [5, 5.41) is 2.47. The van der Waals surface area contributed by atoms with Crippen molar-refractivity contribution in [1.29, 1.82) is 0 Å². The summed E-state index contributed by atoms with van der Waals surface area (Å²) in [6.07, 6.45) is 0. The Morgan fingerprint density at radius 1 is 1.32 bits per heavy atom. The maximum absolute atomic E-state index is 11.9. The minimum atomic E-state index is -1.17. The van der Waals surface area contributed by atoms with Crippen LogP contribution in [0.4, 0.5) is 0 Å². The van der Waals surface area contributed by atoms with E-state index in [0.717, 1.165) is 0 Å². The number of nitrogens with one attached hydrogen (secondary N) is 1. The second kappa shape index (κ2) is 7.76. The van der Waals surface area contributed by atoms with E-state index in [1.807, 2.05) is 6.07 Å². The molecular weight excluding hydrogens is 268 g/mol. The molecule has 1 atom stereocenters. The number of hydrogen-bond donors (Lipinski definition) is 2. The first-order valence-corrected chi connectivity index (χ1v) is 5.76. The van der Waals surface area contributed by atoms with Gasteiger partial charge >= 0.3 is 5.97 Å². The molecule has 1 unspecified atom stereocenters. The van der Waals surface area contributed by atoms with Crippen molar-refractivity contribution in [2.45, 2.75) is 19.4 Å². The Morgan fingerprint density at radius 3 is 2.42 bits per heavy atom. The predicted octanol–water partition coefficient (Wildman–Crippen LogP) is 0.962. The van der Waals surface area contributed by atoms with Crippen molar-refractivity contribution < 1.29 is 14.3 Å². The van der Waals surface area contributed by atoms with Crippen molar-refractivity contribution in [3.63, 3.8) is 0 Å². The predicted molar refractivity (Wildman–Crippen MR) is 74.9 cm³/mol. The Hall–Kier alpha value is -1.59. The van der Waals surface area contributed by atoms with Crippen LogP contribution in [-0.4, -0.2) is 25.0 Å². The van der Waals surface area contributed by atoms with E-state index < -0.39 is 17.4 Å². The first kappa shape index (κ1) is 17.4. The highest BCUT2D eigenvalue weighted by molar-refractivity contribution is 5.89. The van der Waals surface area contributed by atoms with Gasteiger partial charge in [0.2, 0.25) is 5.91 Å². The highest BCUT2D eigenvalue weighted by atomic mass is 35.5. The van der Waals surface area contributed by atoms with Gasteiger partial charge in [-0.3, -0.25) is 9.59 Å². The number of rotatable bonds is 5. The zero-order valence-electron chi connectivity index (χ0n) is 11.0. The Labute approximate surface area is 118 Å². The molecule has 0 aliphatic heterocycles. The summed E-state index contributed by atoms with van der Waals surface area (Å²) in [6.45, 7) is 3.42. The van der Waals surface area contributed by atoms with E-state index in [2.05, 4.69) is 5.32 Å². The van der Waals surface area contributed by atoms with Crippen molar-refractivity contribution in [1.82, 2.24) is 5.32 Å². The van der Waals surface area contributed by atoms with Gasteiger partial charge in [0.05, 0.1) is 6.61 Å². The first-order chi connectivity index (χ1) is 8.48. The van der Waals surface area contributed by atoms with Crippen LogP contribution in [0.1, 0.15) is 19.4 Å². The number of halogens is 1. The highest BCUT2D eigenvalue weighted by Gasteiger charge is 2.30. The molecule has 0 spiro atoms. The minimum Gasteiger partial charge on any atom is -0.465 e. The molecule has 1 aromatic rings. The molecule has 1 rings (SSSR count). The van der Waals surface area contributed by atoms with Gasteiger partial charge in [-0.15, -0.1) is 12.4 Å². The average Bonchev–Trinajstić information content (AvgIpc) is 2.37. The van der Waals surface area contributed by atoms with Crippen LogP contribution in [0, 0.1) is 0 Å². The third-order valence-electron chi connectivity index (χ3n) is 2.54. The lowest BCUT2D eigenvalue weighted by Gasteiger charge is -2.23. The van der Waals surface area contributed by atoms with Crippen molar-refractivity contribution in [3.8, 4) is 0 Å². The monoisotopic (exact) mass is 286 g/mol. The molecule has 0 aromatic heterocycles. The second-order valence-corrected chi connectivity index (χ2v) is 4.06. The zero-order chi connectivity index (χ0) is 13.6. The van der Waals surface area contributed by atoms with Crippen LogP contribution in [0.15, 0.2) is 30.3 Å². The summed E-state index contributed by atoms with van der Waals surface area (Å²) in [6, 6.07) is 8.99. The topological polar surface area (TPSA) is 81.4 Å². The highest BCUT2D eigenvalue weighted by Crippen LogP contribution is 2.17.